The number of hydrogen-bond acceptors (Lipinski definition) is 2. The highest BCUT2D eigenvalue weighted by Gasteiger charge is 2.09. The van der Waals surface area contributed by atoms with Crippen LogP contribution in [0.5, 0.6) is 0 Å². The molecule has 1 aromatic carbocycles. The smallest absolute Gasteiger partial charge is 0.123 e. The normalized spacial score (nSPS) is 12.9. The van der Waals surface area contributed by atoms with E-state index in [0.29, 0.717) is 5.92 Å². The van der Waals surface area contributed by atoms with Crippen LogP contribution in [0.25, 0.3) is 0 Å². The second-order valence-corrected chi connectivity index (χ2v) is 4.16. The van der Waals surface area contributed by atoms with Gasteiger partial charge < -0.3 is 10.4 Å². The summed E-state index contributed by atoms with van der Waals surface area (Å²) in [6.07, 6.45) is 0.897. The van der Waals surface area contributed by atoms with Gasteiger partial charge in [0.1, 0.15) is 5.82 Å². The molecule has 0 heterocycles. The van der Waals surface area contributed by atoms with Crippen LogP contribution in [0, 0.1) is 11.7 Å². The SMILES string of the molecule is CC(C)CC(CO)Nc1ccc(F)cc1. The van der Waals surface area contributed by atoms with Gasteiger partial charge in [0.05, 0.1) is 6.61 Å². The van der Waals surface area contributed by atoms with E-state index in [4.69, 9.17) is 5.11 Å². The lowest BCUT2D eigenvalue weighted by molar-refractivity contribution is 0.259. The fraction of sp³-hybridized carbons (Fsp3) is 0.500. The Hall–Kier alpha value is -1.09. The summed E-state index contributed by atoms with van der Waals surface area (Å²) in [4.78, 5) is 0. The predicted molar refractivity (Wildman–Crippen MR) is 60.4 cm³/mol. The van der Waals surface area contributed by atoms with E-state index in [1.807, 2.05) is 0 Å². The van der Waals surface area contributed by atoms with Gasteiger partial charge in [0.25, 0.3) is 0 Å². The summed E-state index contributed by atoms with van der Waals surface area (Å²) >= 11 is 0. The maximum absolute atomic E-state index is 12.6. The van der Waals surface area contributed by atoms with E-state index in [1.54, 1.807) is 12.1 Å². The third kappa shape index (κ3) is 4.30. The Morgan fingerprint density at radius 2 is 1.87 bits per heavy atom. The quantitative estimate of drug-likeness (QED) is 0.784. The van der Waals surface area contributed by atoms with Crippen LogP contribution in [-0.2, 0) is 0 Å². The molecule has 0 aliphatic carbocycles. The Morgan fingerprint density at radius 1 is 1.27 bits per heavy atom. The van der Waals surface area contributed by atoms with Crippen molar-refractivity contribution in [2.45, 2.75) is 26.3 Å². The molecule has 0 aliphatic heterocycles. The van der Waals surface area contributed by atoms with Crippen molar-refractivity contribution in [3.8, 4) is 0 Å². The molecule has 2 N–H and O–H groups in total. The average Bonchev–Trinajstić information content (AvgIpc) is 2.19. The lowest BCUT2D eigenvalue weighted by Gasteiger charge is -2.19. The van der Waals surface area contributed by atoms with Crippen LogP contribution in [0.4, 0.5) is 10.1 Å². The molecule has 0 aliphatic rings. The molecule has 0 spiro atoms. The van der Waals surface area contributed by atoms with E-state index in [1.165, 1.54) is 12.1 Å². The van der Waals surface area contributed by atoms with Crippen LogP contribution in [0.1, 0.15) is 20.3 Å². The molecule has 1 unspecified atom stereocenters. The van der Waals surface area contributed by atoms with E-state index in [9.17, 15) is 4.39 Å². The number of anilines is 1. The van der Waals surface area contributed by atoms with Crippen LogP contribution in [0.3, 0.4) is 0 Å². The summed E-state index contributed by atoms with van der Waals surface area (Å²) in [6, 6.07) is 6.21. The standard InChI is InChI=1S/C12H18FNO/c1-9(2)7-12(8-15)14-11-5-3-10(13)4-6-11/h3-6,9,12,14-15H,7-8H2,1-2H3. The summed E-state index contributed by atoms with van der Waals surface area (Å²) in [6.45, 7) is 4.31. The number of rotatable bonds is 5. The minimum Gasteiger partial charge on any atom is -0.394 e. The van der Waals surface area contributed by atoms with Crippen molar-refractivity contribution < 1.29 is 9.50 Å². The zero-order valence-electron chi connectivity index (χ0n) is 9.20. The number of benzene rings is 1. The summed E-state index contributed by atoms with van der Waals surface area (Å²) < 4.78 is 12.6. The van der Waals surface area contributed by atoms with Crippen molar-refractivity contribution >= 4 is 5.69 Å². The molecule has 0 saturated carbocycles. The second kappa shape index (κ2) is 5.71. The highest BCUT2D eigenvalue weighted by Crippen LogP contribution is 2.13. The van der Waals surface area contributed by atoms with Crippen molar-refractivity contribution in [3.63, 3.8) is 0 Å². The Kier molecular flexibility index (Phi) is 4.56. The van der Waals surface area contributed by atoms with Gasteiger partial charge in [0, 0.05) is 11.7 Å². The molecule has 0 fully saturated rings. The fourth-order valence-electron chi connectivity index (χ4n) is 1.53. The molecule has 84 valence electrons. The Morgan fingerprint density at radius 3 is 2.33 bits per heavy atom. The first kappa shape index (κ1) is 12.0. The van der Waals surface area contributed by atoms with Gasteiger partial charge in [-0.25, -0.2) is 4.39 Å². The zero-order chi connectivity index (χ0) is 11.3. The first-order chi connectivity index (χ1) is 7.11. The summed E-state index contributed by atoms with van der Waals surface area (Å²) in [5.41, 5.74) is 0.844. The van der Waals surface area contributed by atoms with Crippen molar-refractivity contribution in [1.82, 2.24) is 0 Å². The van der Waals surface area contributed by atoms with Gasteiger partial charge in [0.2, 0.25) is 0 Å². The molecule has 15 heavy (non-hydrogen) atoms. The molecular formula is C12H18FNO. The van der Waals surface area contributed by atoms with Crippen molar-refractivity contribution in [3.05, 3.63) is 30.1 Å². The van der Waals surface area contributed by atoms with Gasteiger partial charge in [-0.05, 0) is 36.6 Å². The van der Waals surface area contributed by atoms with Gasteiger partial charge in [-0.1, -0.05) is 13.8 Å². The molecule has 0 radical (unpaired) electrons. The van der Waals surface area contributed by atoms with Gasteiger partial charge in [-0.2, -0.15) is 0 Å². The van der Waals surface area contributed by atoms with Crippen molar-refractivity contribution in [2.75, 3.05) is 11.9 Å². The number of nitrogens with one attached hydrogen (secondary N) is 1. The van der Waals surface area contributed by atoms with Gasteiger partial charge in [0.15, 0.2) is 0 Å². The monoisotopic (exact) mass is 211 g/mol. The topological polar surface area (TPSA) is 32.3 Å². The van der Waals surface area contributed by atoms with Crippen LogP contribution >= 0.6 is 0 Å². The van der Waals surface area contributed by atoms with Crippen LogP contribution in [0.2, 0.25) is 0 Å². The van der Waals surface area contributed by atoms with Crippen molar-refractivity contribution in [2.24, 2.45) is 5.92 Å². The lowest BCUT2D eigenvalue weighted by atomic mass is 10.0. The third-order valence-corrected chi connectivity index (χ3v) is 2.19. The molecule has 1 atom stereocenters. The number of hydrogen-bond donors (Lipinski definition) is 2. The largest absolute Gasteiger partial charge is 0.394 e. The van der Waals surface area contributed by atoms with Crippen LogP contribution < -0.4 is 5.32 Å². The Balaban J connectivity index is 2.54. The summed E-state index contributed by atoms with van der Waals surface area (Å²) in [5.74, 6) is 0.278. The number of aliphatic hydroxyl groups is 1. The fourth-order valence-corrected chi connectivity index (χ4v) is 1.53. The van der Waals surface area contributed by atoms with Gasteiger partial charge >= 0.3 is 0 Å². The third-order valence-electron chi connectivity index (χ3n) is 2.19. The predicted octanol–water partition coefficient (Wildman–Crippen LogP) is 2.64. The maximum atomic E-state index is 12.6. The molecule has 0 bridgehead atoms. The molecule has 2 nitrogen and oxygen atoms in total. The minimum absolute atomic E-state index is 0.0375. The van der Waals surface area contributed by atoms with E-state index < -0.39 is 0 Å². The van der Waals surface area contributed by atoms with E-state index >= 15 is 0 Å². The lowest BCUT2D eigenvalue weighted by Crippen LogP contribution is -2.25. The zero-order valence-corrected chi connectivity index (χ0v) is 9.20. The Labute approximate surface area is 90.1 Å². The molecule has 0 amide bonds. The number of halogens is 1. The molecule has 0 aromatic heterocycles. The maximum Gasteiger partial charge on any atom is 0.123 e. The van der Waals surface area contributed by atoms with E-state index in [-0.39, 0.29) is 18.5 Å². The highest BCUT2D eigenvalue weighted by molar-refractivity contribution is 5.43. The summed E-state index contributed by atoms with van der Waals surface area (Å²) in [5, 5.41) is 12.3. The van der Waals surface area contributed by atoms with E-state index in [0.717, 1.165) is 12.1 Å². The molecule has 0 saturated heterocycles. The molecule has 1 rings (SSSR count). The van der Waals surface area contributed by atoms with Crippen LogP contribution in [-0.4, -0.2) is 17.8 Å². The molecular weight excluding hydrogens is 193 g/mol. The first-order valence-corrected chi connectivity index (χ1v) is 5.24. The second-order valence-electron chi connectivity index (χ2n) is 4.16. The molecule has 1 aromatic rings. The highest BCUT2D eigenvalue weighted by atomic mass is 19.1. The first-order valence-electron chi connectivity index (χ1n) is 5.24. The minimum atomic E-state index is -0.245. The van der Waals surface area contributed by atoms with Gasteiger partial charge in [-0.15, -0.1) is 0 Å². The Bertz CT molecular complexity index is 284. The van der Waals surface area contributed by atoms with E-state index in [2.05, 4.69) is 19.2 Å². The summed E-state index contributed by atoms with van der Waals surface area (Å²) in [7, 11) is 0. The average molecular weight is 211 g/mol. The molecule has 3 heteroatoms. The van der Waals surface area contributed by atoms with Crippen molar-refractivity contribution in [1.29, 1.82) is 0 Å². The number of aliphatic hydroxyl groups excluding tert-OH is 1. The van der Waals surface area contributed by atoms with Gasteiger partial charge in [-0.3, -0.25) is 0 Å². The van der Waals surface area contributed by atoms with Crippen LogP contribution in [0.15, 0.2) is 24.3 Å².